The minimum Gasteiger partial charge on any atom is -0.444 e. The summed E-state index contributed by atoms with van der Waals surface area (Å²) in [7, 11) is 0. The second-order valence-corrected chi connectivity index (χ2v) is 5.40. The fourth-order valence-electron chi connectivity index (χ4n) is 1.66. The topological polar surface area (TPSA) is 55.4 Å². The molecule has 0 saturated carbocycles. The van der Waals surface area contributed by atoms with Crippen LogP contribution in [-0.2, 0) is 4.74 Å². The van der Waals surface area contributed by atoms with Gasteiger partial charge in [0.05, 0.1) is 5.69 Å². The molecule has 1 amide bonds. The Morgan fingerprint density at radius 1 is 1.26 bits per heavy atom. The molecule has 0 aromatic heterocycles. The predicted octanol–water partition coefficient (Wildman–Crippen LogP) is 3.93. The van der Waals surface area contributed by atoms with E-state index in [-0.39, 0.29) is 5.78 Å². The van der Waals surface area contributed by atoms with Gasteiger partial charge in [-0.2, -0.15) is 0 Å². The summed E-state index contributed by atoms with van der Waals surface area (Å²) < 4.78 is 5.20. The molecule has 1 aromatic rings. The molecule has 19 heavy (non-hydrogen) atoms. The molecule has 0 spiro atoms. The van der Waals surface area contributed by atoms with Crippen LogP contribution in [0.4, 0.5) is 10.5 Å². The van der Waals surface area contributed by atoms with Gasteiger partial charge in [-0.3, -0.25) is 10.1 Å². The number of carbonyl (C=O) groups excluding carboxylic acids is 2. The molecular formula is C15H21NO3. The van der Waals surface area contributed by atoms with Crippen molar-refractivity contribution in [3.8, 4) is 0 Å². The second-order valence-electron chi connectivity index (χ2n) is 5.40. The van der Waals surface area contributed by atoms with Crippen molar-refractivity contribution in [3.63, 3.8) is 0 Å². The van der Waals surface area contributed by atoms with Crippen LogP contribution in [-0.4, -0.2) is 17.5 Å². The van der Waals surface area contributed by atoms with Gasteiger partial charge in [-0.25, -0.2) is 4.79 Å². The van der Waals surface area contributed by atoms with Gasteiger partial charge in [0, 0.05) is 12.0 Å². The second kappa shape index (κ2) is 5.87. The maximum Gasteiger partial charge on any atom is 0.412 e. The van der Waals surface area contributed by atoms with Gasteiger partial charge < -0.3 is 4.74 Å². The highest BCUT2D eigenvalue weighted by molar-refractivity contribution is 6.04. The first-order valence-corrected chi connectivity index (χ1v) is 6.37. The number of benzene rings is 1. The molecule has 0 radical (unpaired) electrons. The van der Waals surface area contributed by atoms with Gasteiger partial charge in [-0.15, -0.1) is 0 Å². The molecule has 4 heteroatoms. The average Bonchev–Trinajstić information content (AvgIpc) is 2.28. The third-order valence-electron chi connectivity index (χ3n) is 2.52. The van der Waals surface area contributed by atoms with E-state index in [1.165, 1.54) is 0 Å². The molecule has 0 saturated heterocycles. The summed E-state index contributed by atoms with van der Waals surface area (Å²) in [5.41, 5.74) is 1.32. The lowest BCUT2D eigenvalue weighted by Gasteiger charge is -2.21. The van der Waals surface area contributed by atoms with Crippen LogP contribution < -0.4 is 5.32 Å². The van der Waals surface area contributed by atoms with E-state index in [9.17, 15) is 9.59 Å². The molecule has 0 bridgehead atoms. The van der Waals surface area contributed by atoms with Gasteiger partial charge >= 0.3 is 6.09 Å². The van der Waals surface area contributed by atoms with Gasteiger partial charge in [0.15, 0.2) is 5.78 Å². The largest absolute Gasteiger partial charge is 0.444 e. The number of nitrogens with one attached hydrogen (secondary N) is 1. The van der Waals surface area contributed by atoms with Gasteiger partial charge in [0.25, 0.3) is 0 Å². The van der Waals surface area contributed by atoms with Crippen molar-refractivity contribution < 1.29 is 14.3 Å². The predicted molar refractivity (Wildman–Crippen MR) is 75.7 cm³/mol. The fraction of sp³-hybridized carbons (Fsp3) is 0.467. The minimum absolute atomic E-state index is 0.00485. The number of ether oxygens (including phenoxy) is 1. The van der Waals surface area contributed by atoms with E-state index in [2.05, 4.69) is 5.32 Å². The van der Waals surface area contributed by atoms with Crippen LogP contribution in [0, 0.1) is 6.92 Å². The molecule has 0 fully saturated rings. The first kappa shape index (κ1) is 15.2. The Hall–Kier alpha value is -1.84. The maximum absolute atomic E-state index is 11.9. The Morgan fingerprint density at radius 3 is 2.42 bits per heavy atom. The molecule has 0 unspecified atom stereocenters. The minimum atomic E-state index is -0.568. The first-order chi connectivity index (χ1) is 8.74. The molecule has 0 aliphatic rings. The monoisotopic (exact) mass is 263 g/mol. The van der Waals surface area contributed by atoms with Crippen molar-refractivity contribution in [3.05, 3.63) is 29.3 Å². The molecule has 0 aliphatic carbocycles. The summed E-state index contributed by atoms with van der Waals surface area (Å²) in [4.78, 5) is 23.7. The number of anilines is 1. The maximum atomic E-state index is 11.9. The van der Waals surface area contributed by atoms with E-state index in [4.69, 9.17) is 4.74 Å². The van der Waals surface area contributed by atoms with Crippen LogP contribution in [0.5, 0.6) is 0 Å². The number of rotatable bonds is 3. The number of aryl methyl sites for hydroxylation is 1. The lowest BCUT2D eigenvalue weighted by molar-refractivity contribution is 0.0636. The zero-order valence-electron chi connectivity index (χ0n) is 12.2. The van der Waals surface area contributed by atoms with Crippen LogP contribution in [0.15, 0.2) is 18.2 Å². The van der Waals surface area contributed by atoms with Crippen molar-refractivity contribution in [1.29, 1.82) is 0 Å². The van der Waals surface area contributed by atoms with E-state index in [1.54, 1.807) is 39.8 Å². The van der Waals surface area contributed by atoms with Crippen LogP contribution in [0.3, 0.4) is 0 Å². The summed E-state index contributed by atoms with van der Waals surface area (Å²) in [6, 6.07) is 5.36. The zero-order chi connectivity index (χ0) is 14.6. The molecule has 0 heterocycles. The van der Waals surface area contributed by atoms with Gasteiger partial charge in [0.1, 0.15) is 5.60 Å². The van der Waals surface area contributed by atoms with E-state index in [0.29, 0.717) is 17.7 Å². The van der Waals surface area contributed by atoms with Gasteiger partial charge in [-0.05, 0) is 39.3 Å². The van der Waals surface area contributed by atoms with Crippen molar-refractivity contribution in [2.75, 3.05) is 5.32 Å². The number of carbonyl (C=O) groups is 2. The SMILES string of the molecule is CCC(=O)c1cccc(C)c1NC(=O)OC(C)(C)C. The lowest BCUT2D eigenvalue weighted by atomic mass is 10.0. The standard InChI is InChI=1S/C15H21NO3/c1-6-12(17)11-9-7-8-10(2)13(11)16-14(18)19-15(3,4)5/h7-9H,6H2,1-5H3,(H,16,18). The summed E-state index contributed by atoms with van der Waals surface area (Å²) in [5, 5.41) is 2.67. The third-order valence-corrected chi connectivity index (χ3v) is 2.52. The smallest absolute Gasteiger partial charge is 0.412 e. The normalized spacial score (nSPS) is 11.0. The van der Waals surface area contributed by atoms with Gasteiger partial charge in [0.2, 0.25) is 0 Å². The van der Waals surface area contributed by atoms with Crippen molar-refractivity contribution in [2.45, 2.75) is 46.6 Å². The highest BCUT2D eigenvalue weighted by Gasteiger charge is 2.19. The average molecular weight is 263 g/mol. The van der Waals surface area contributed by atoms with Crippen molar-refractivity contribution in [1.82, 2.24) is 0 Å². The van der Waals surface area contributed by atoms with E-state index in [0.717, 1.165) is 5.56 Å². The molecule has 104 valence electrons. The highest BCUT2D eigenvalue weighted by Crippen LogP contribution is 2.23. The Kier molecular flexibility index (Phi) is 4.70. The number of Topliss-reactive ketones (excluding diaryl/α,β-unsaturated/α-hetero) is 1. The summed E-state index contributed by atoms with van der Waals surface area (Å²) >= 11 is 0. The summed E-state index contributed by atoms with van der Waals surface area (Å²) in [5.74, 6) is -0.00485. The molecule has 1 N–H and O–H groups in total. The van der Waals surface area contributed by atoms with Crippen LogP contribution >= 0.6 is 0 Å². The van der Waals surface area contributed by atoms with Crippen molar-refractivity contribution in [2.24, 2.45) is 0 Å². The van der Waals surface area contributed by atoms with E-state index < -0.39 is 11.7 Å². The molecule has 4 nitrogen and oxygen atoms in total. The Balaban J connectivity index is 3.00. The Bertz CT molecular complexity index is 487. The third kappa shape index (κ3) is 4.39. The summed E-state index contributed by atoms with van der Waals surface area (Å²) in [6.45, 7) is 9.02. The quantitative estimate of drug-likeness (QED) is 0.840. The van der Waals surface area contributed by atoms with Crippen LogP contribution in [0.25, 0.3) is 0 Å². The lowest BCUT2D eigenvalue weighted by Crippen LogP contribution is -2.28. The Labute approximate surface area is 114 Å². The number of hydrogen-bond donors (Lipinski definition) is 1. The molecular weight excluding hydrogens is 242 g/mol. The van der Waals surface area contributed by atoms with E-state index in [1.807, 2.05) is 13.0 Å². The number of para-hydroxylation sites is 1. The molecule has 0 aliphatic heterocycles. The number of amides is 1. The van der Waals surface area contributed by atoms with Gasteiger partial charge in [-0.1, -0.05) is 19.1 Å². The highest BCUT2D eigenvalue weighted by atomic mass is 16.6. The molecule has 1 aromatic carbocycles. The fourth-order valence-corrected chi connectivity index (χ4v) is 1.66. The Morgan fingerprint density at radius 2 is 1.89 bits per heavy atom. The van der Waals surface area contributed by atoms with Crippen molar-refractivity contribution >= 4 is 17.6 Å². The first-order valence-electron chi connectivity index (χ1n) is 6.37. The number of ketones is 1. The van der Waals surface area contributed by atoms with E-state index >= 15 is 0 Å². The van der Waals surface area contributed by atoms with Crippen LogP contribution in [0.1, 0.15) is 50.0 Å². The summed E-state index contributed by atoms with van der Waals surface area (Å²) in [6.07, 6.45) is -0.154. The zero-order valence-corrected chi connectivity index (χ0v) is 12.2. The van der Waals surface area contributed by atoms with Crippen LogP contribution in [0.2, 0.25) is 0 Å². The molecule has 1 rings (SSSR count). The number of hydrogen-bond acceptors (Lipinski definition) is 3. The molecule has 0 atom stereocenters.